The van der Waals surface area contributed by atoms with Crippen LogP contribution in [-0.2, 0) is 4.79 Å². The number of amides is 1. The van der Waals surface area contributed by atoms with Gasteiger partial charge in [0.25, 0.3) is 0 Å². The molecule has 2 rings (SSSR count). The second-order valence-corrected chi connectivity index (χ2v) is 6.24. The number of nitrogens with one attached hydrogen (secondary N) is 1. The number of rotatable bonds is 5. The summed E-state index contributed by atoms with van der Waals surface area (Å²) >= 11 is 0. The quantitative estimate of drug-likeness (QED) is 0.906. The molecule has 4 heteroatoms. The third kappa shape index (κ3) is 5.05. The molecule has 0 aromatic heterocycles. The van der Waals surface area contributed by atoms with Gasteiger partial charge in [-0.1, -0.05) is 19.9 Å². The molecule has 1 amide bonds. The van der Waals surface area contributed by atoms with Crippen molar-refractivity contribution in [2.45, 2.75) is 26.7 Å². The second kappa shape index (κ2) is 7.46. The van der Waals surface area contributed by atoms with Gasteiger partial charge in [-0.2, -0.15) is 0 Å². The summed E-state index contributed by atoms with van der Waals surface area (Å²) in [6.45, 7) is 7.63. The number of carbonyl (C=O) groups is 1. The second-order valence-electron chi connectivity index (χ2n) is 6.24. The molecule has 2 unspecified atom stereocenters. The van der Waals surface area contributed by atoms with E-state index in [4.69, 9.17) is 4.74 Å². The van der Waals surface area contributed by atoms with Gasteiger partial charge in [-0.3, -0.25) is 4.79 Å². The van der Waals surface area contributed by atoms with Crippen LogP contribution < -0.4 is 10.1 Å². The van der Waals surface area contributed by atoms with Gasteiger partial charge in [0.2, 0.25) is 5.91 Å². The number of likely N-dealkylation sites (tertiary alicyclic amines) is 1. The average molecular weight is 290 g/mol. The van der Waals surface area contributed by atoms with Crippen molar-refractivity contribution < 1.29 is 9.53 Å². The van der Waals surface area contributed by atoms with Crippen LogP contribution in [0.5, 0.6) is 5.75 Å². The van der Waals surface area contributed by atoms with Gasteiger partial charge in [0.15, 0.2) is 0 Å². The number of methoxy groups -OCH3 is 1. The lowest BCUT2D eigenvalue weighted by molar-refractivity contribution is -0.116. The van der Waals surface area contributed by atoms with Crippen molar-refractivity contribution in [3.63, 3.8) is 0 Å². The molecule has 1 fully saturated rings. The van der Waals surface area contributed by atoms with E-state index < -0.39 is 0 Å². The molecule has 0 spiro atoms. The Labute approximate surface area is 127 Å². The minimum Gasteiger partial charge on any atom is -0.497 e. The van der Waals surface area contributed by atoms with E-state index in [0.717, 1.165) is 42.9 Å². The zero-order valence-corrected chi connectivity index (χ0v) is 13.3. The van der Waals surface area contributed by atoms with E-state index in [1.807, 2.05) is 24.3 Å². The molecule has 116 valence electrons. The Hall–Kier alpha value is -1.55. The van der Waals surface area contributed by atoms with Crippen molar-refractivity contribution in [3.8, 4) is 5.75 Å². The van der Waals surface area contributed by atoms with E-state index in [1.165, 1.54) is 6.42 Å². The fraction of sp³-hybridized carbons (Fsp3) is 0.588. The molecule has 0 aliphatic carbocycles. The van der Waals surface area contributed by atoms with Gasteiger partial charge in [0.05, 0.1) is 7.11 Å². The fourth-order valence-corrected chi connectivity index (χ4v) is 3.16. The van der Waals surface area contributed by atoms with E-state index in [0.29, 0.717) is 6.42 Å². The molecule has 1 heterocycles. The summed E-state index contributed by atoms with van der Waals surface area (Å²) < 4.78 is 5.16. The number of anilines is 1. The lowest BCUT2D eigenvalue weighted by atomic mass is 9.92. The first kappa shape index (κ1) is 15.8. The van der Waals surface area contributed by atoms with Crippen LogP contribution in [0.15, 0.2) is 24.3 Å². The van der Waals surface area contributed by atoms with Crippen LogP contribution in [0.4, 0.5) is 5.69 Å². The number of hydrogen-bond acceptors (Lipinski definition) is 3. The van der Waals surface area contributed by atoms with Crippen LogP contribution in [-0.4, -0.2) is 37.6 Å². The molecule has 1 aliphatic rings. The lowest BCUT2D eigenvalue weighted by Crippen LogP contribution is -2.40. The van der Waals surface area contributed by atoms with E-state index in [2.05, 4.69) is 24.1 Å². The first-order valence-corrected chi connectivity index (χ1v) is 7.73. The molecule has 21 heavy (non-hydrogen) atoms. The minimum absolute atomic E-state index is 0.0640. The Morgan fingerprint density at radius 3 is 2.71 bits per heavy atom. The summed E-state index contributed by atoms with van der Waals surface area (Å²) in [7, 11) is 1.62. The van der Waals surface area contributed by atoms with Crippen molar-refractivity contribution in [2.75, 3.05) is 32.1 Å². The molecule has 4 nitrogen and oxygen atoms in total. The minimum atomic E-state index is 0.0640. The first-order valence-electron chi connectivity index (χ1n) is 7.73. The molecule has 0 saturated carbocycles. The van der Waals surface area contributed by atoms with Gasteiger partial charge < -0.3 is 15.0 Å². The number of nitrogens with zero attached hydrogens (tertiary/aromatic N) is 1. The smallest absolute Gasteiger partial charge is 0.225 e. The predicted octanol–water partition coefficient (Wildman–Crippen LogP) is 3.00. The van der Waals surface area contributed by atoms with Crippen molar-refractivity contribution in [1.82, 2.24) is 4.90 Å². The summed E-state index contributed by atoms with van der Waals surface area (Å²) in [5.74, 6) is 2.28. The molecule has 0 radical (unpaired) electrons. The first-order chi connectivity index (χ1) is 10.1. The highest BCUT2D eigenvalue weighted by molar-refractivity contribution is 5.91. The average Bonchev–Trinajstić information content (AvgIpc) is 2.44. The Kier molecular flexibility index (Phi) is 5.62. The predicted molar refractivity (Wildman–Crippen MR) is 85.6 cm³/mol. The number of piperidine rings is 1. The highest BCUT2D eigenvalue weighted by Gasteiger charge is 2.21. The van der Waals surface area contributed by atoms with Gasteiger partial charge in [0.1, 0.15) is 5.75 Å². The largest absolute Gasteiger partial charge is 0.497 e. The maximum atomic E-state index is 12.0. The molecular formula is C17H26N2O2. The van der Waals surface area contributed by atoms with Crippen LogP contribution in [0.2, 0.25) is 0 Å². The Bertz CT molecular complexity index is 466. The maximum Gasteiger partial charge on any atom is 0.225 e. The summed E-state index contributed by atoms with van der Waals surface area (Å²) in [5, 5.41) is 2.93. The van der Waals surface area contributed by atoms with Crippen LogP contribution in [0, 0.1) is 11.8 Å². The number of benzene rings is 1. The fourth-order valence-electron chi connectivity index (χ4n) is 3.16. The standard InChI is InChI=1S/C17H26N2O2/c1-13-9-14(2)12-19(11-13)8-7-17(20)18-15-5-4-6-16(10-15)21-3/h4-6,10,13-14H,7-9,11-12H2,1-3H3,(H,18,20). The van der Waals surface area contributed by atoms with Crippen molar-refractivity contribution >= 4 is 11.6 Å². The molecule has 1 aliphatic heterocycles. The summed E-state index contributed by atoms with van der Waals surface area (Å²) in [6.07, 6.45) is 1.84. The Balaban J connectivity index is 1.79. The van der Waals surface area contributed by atoms with Crippen LogP contribution in [0.3, 0.4) is 0 Å². The Morgan fingerprint density at radius 1 is 1.33 bits per heavy atom. The molecular weight excluding hydrogens is 264 g/mol. The number of ether oxygens (including phenoxy) is 1. The van der Waals surface area contributed by atoms with E-state index in [9.17, 15) is 4.79 Å². The van der Waals surface area contributed by atoms with Crippen molar-refractivity contribution in [1.29, 1.82) is 0 Å². The van der Waals surface area contributed by atoms with Crippen molar-refractivity contribution in [3.05, 3.63) is 24.3 Å². The van der Waals surface area contributed by atoms with Gasteiger partial charge in [-0.25, -0.2) is 0 Å². The highest BCUT2D eigenvalue weighted by atomic mass is 16.5. The summed E-state index contributed by atoms with van der Waals surface area (Å²) in [4.78, 5) is 14.4. The normalized spacial score (nSPS) is 22.8. The Morgan fingerprint density at radius 2 is 2.05 bits per heavy atom. The molecule has 1 N–H and O–H groups in total. The van der Waals surface area contributed by atoms with Crippen LogP contribution in [0.25, 0.3) is 0 Å². The third-order valence-electron chi connectivity index (χ3n) is 3.95. The highest BCUT2D eigenvalue weighted by Crippen LogP contribution is 2.21. The van der Waals surface area contributed by atoms with Crippen LogP contribution in [0.1, 0.15) is 26.7 Å². The zero-order chi connectivity index (χ0) is 15.2. The molecule has 1 aromatic carbocycles. The summed E-state index contributed by atoms with van der Waals surface area (Å²) in [5.41, 5.74) is 0.791. The summed E-state index contributed by atoms with van der Waals surface area (Å²) in [6, 6.07) is 7.46. The van der Waals surface area contributed by atoms with Crippen molar-refractivity contribution in [2.24, 2.45) is 11.8 Å². The topological polar surface area (TPSA) is 41.6 Å². The van der Waals surface area contributed by atoms with Gasteiger partial charge in [-0.05, 0) is 30.4 Å². The molecule has 2 atom stereocenters. The molecule has 0 bridgehead atoms. The van der Waals surface area contributed by atoms with E-state index in [-0.39, 0.29) is 5.91 Å². The monoisotopic (exact) mass is 290 g/mol. The molecule has 1 saturated heterocycles. The van der Waals surface area contributed by atoms with Crippen LogP contribution >= 0.6 is 0 Å². The van der Waals surface area contributed by atoms with Gasteiger partial charge in [0, 0.05) is 37.8 Å². The zero-order valence-electron chi connectivity index (χ0n) is 13.3. The van der Waals surface area contributed by atoms with E-state index in [1.54, 1.807) is 7.11 Å². The maximum absolute atomic E-state index is 12.0. The number of carbonyl (C=O) groups excluding carboxylic acids is 1. The van der Waals surface area contributed by atoms with Gasteiger partial charge in [-0.15, -0.1) is 0 Å². The lowest BCUT2D eigenvalue weighted by Gasteiger charge is -2.34. The van der Waals surface area contributed by atoms with Gasteiger partial charge >= 0.3 is 0 Å². The number of hydrogen-bond donors (Lipinski definition) is 1. The molecule has 1 aromatic rings. The SMILES string of the molecule is COc1cccc(NC(=O)CCN2CC(C)CC(C)C2)c1. The van der Waals surface area contributed by atoms with E-state index >= 15 is 0 Å². The third-order valence-corrected chi connectivity index (χ3v) is 3.95.